The maximum absolute atomic E-state index is 13.9. The van der Waals surface area contributed by atoms with Gasteiger partial charge >= 0.3 is 0 Å². The van der Waals surface area contributed by atoms with Gasteiger partial charge in [0.2, 0.25) is 11.8 Å². The molecule has 1 saturated heterocycles. The molecule has 0 radical (unpaired) electrons. The molecule has 0 unspecified atom stereocenters. The molecule has 0 aliphatic carbocycles. The molecule has 2 aromatic carbocycles. The Morgan fingerprint density at radius 2 is 1.79 bits per heavy atom. The average Bonchev–Trinajstić information content (AvgIpc) is 3.63. The lowest BCUT2D eigenvalue weighted by atomic mass is 9.99. The molecule has 8 heteroatoms. The van der Waals surface area contributed by atoms with Crippen molar-refractivity contribution in [2.45, 2.75) is 50.7 Å². The third kappa shape index (κ3) is 7.07. The van der Waals surface area contributed by atoms with Crippen LogP contribution in [0.5, 0.6) is 0 Å². The first-order valence-electron chi connectivity index (χ1n) is 13.2. The van der Waals surface area contributed by atoms with E-state index in [1.165, 1.54) is 16.7 Å². The molecular weight excluding hydrogens is 498 g/mol. The molecule has 202 valence electrons. The van der Waals surface area contributed by atoms with Crippen molar-refractivity contribution < 1.29 is 19.1 Å². The molecule has 3 atom stereocenters. The molecule has 1 N–H and O–H groups in total. The molecule has 4 rings (SSSR count). The summed E-state index contributed by atoms with van der Waals surface area (Å²) in [6, 6.07) is 16.9. The largest absolute Gasteiger partial charge is 0.370 e. The Kier molecular flexibility index (Phi) is 9.66. The van der Waals surface area contributed by atoms with Gasteiger partial charge in [-0.25, -0.2) is 0 Å². The monoisotopic (exact) mass is 535 g/mol. The van der Waals surface area contributed by atoms with Crippen LogP contribution in [-0.4, -0.2) is 79.4 Å². The minimum atomic E-state index is -0.771. The lowest BCUT2D eigenvalue weighted by Gasteiger charge is -2.34. The molecule has 3 aromatic rings. The second kappa shape index (κ2) is 13.1. The smallest absolute Gasteiger partial charge is 0.249 e. The van der Waals surface area contributed by atoms with E-state index in [-0.39, 0.29) is 30.2 Å². The van der Waals surface area contributed by atoms with Crippen molar-refractivity contribution in [3.8, 4) is 0 Å². The van der Waals surface area contributed by atoms with Crippen LogP contribution in [0.25, 0.3) is 10.8 Å². The van der Waals surface area contributed by atoms with Gasteiger partial charge in [-0.05, 0) is 54.1 Å². The van der Waals surface area contributed by atoms with E-state index < -0.39 is 12.1 Å². The number of nitrogens with zero attached hydrogens (tertiary/aromatic N) is 2. The topological polar surface area (TPSA) is 79.0 Å². The van der Waals surface area contributed by atoms with E-state index in [1.54, 1.807) is 25.4 Å². The van der Waals surface area contributed by atoms with Gasteiger partial charge in [0, 0.05) is 37.9 Å². The number of hydrogen-bond acceptors (Lipinski definition) is 6. The van der Waals surface area contributed by atoms with E-state index in [0.717, 1.165) is 40.6 Å². The molecule has 0 spiro atoms. The molecule has 1 fully saturated rings. The zero-order valence-corrected chi connectivity index (χ0v) is 23.2. The fourth-order valence-corrected chi connectivity index (χ4v) is 5.75. The summed E-state index contributed by atoms with van der Waals surface area (Å²) in [5.74, 6) is -0.600. The van der Waals surface area contributed by atoms with Crippen LogP contribution in [0.4, 0.5) is 0 Å². The van der Waals surface area contributed by atoms with Gasteiger partial charge in [0.25, 0.3) is 0 Å². The van der Waals surface area contributed by atoms with E-state index in [0.29, 0.717) is 19.4 Å². The highest BCUT2D eigenvalue weighted by atomic mass is 32.1. The Morgan fingerprint density at radius 3 is 2.47 bits per heavy atom. The van der Waals surface area contributed by atoms with Gasteiger partial charge in [-0.1, -0.05) is 48.5 Å². The number of nitrogens with one attached hydrogen (secondary N) is 1. The molecule has 7 nitrogen and oxygen atoms in total. The zero-order chi connectivity index (χ0) is 27.1. The van der Waals surface area contributed by atoms with Gasteiger partial charge in [-0.3, -0.25) is 14.4 Å². The number of amides is 2. The Bertz CT molecular complexity index is 1240. The summed E-state index contributed by atoms with van der Waals surface area (Å²) in [7, 11) is 3.31. The van der Waals surface area contributed by atoms with Crippen molar-refractivity contribution in [1.29, 1.82) is 0 Å². The van der Waals surface area contributed by atoms with Crippen molar-refractivity contribution in [3.05, 3.63) is 70.4 Å². The van der Waals surface area contributed by atoms with Crippen LogP contribution in [0, 0.1) is 0 Å². The van der Waals surface area contributed by atoms with Crippen molar-refractivity contribution >= 4 is 39.7 Å². The van der Waals surface area contributed by atoms with E-state index in [2.05, 4.69) is 11.4 Å². The summed E-state index contributed by atoms with van der Waals surface area (Å²) < 4.78 is 5.72. The zero-order valence-electron chi connectivity index (χ0n) is 22.4. The van der Waals surface area contributed by atoms with E-state index in [4.69, 9.17) is 4.74 Å². The number of carbonyl (C=O) groups excluding carboxylic acids is 3. The second-order valence-electron chi connectivity index (χ2n) is 10.1. The van der Waals surface area contributed by atoms with Crippen LogP contribution >= 0.6 is 11.3 Å². The number of ketones is 1. The van der Waals surface area contributed by atoms with Crippen molar-refractivity contribution in [3.63, 3.8) is 0 Å². The molecule has 1 aliphatic rings. The number of Topliss-reactive ketones (excluding diaryl/α,β-unsaturated/α-hetero) is 1. The fraction of sp³-hybridized carbons (Fsp3) is 0.433. The first-order chi connectivity index (χ1) is 18.3. The maximum Gasteiger partial charge on any atom is 0.249 e. The summed E-state index contributed by atoms with van der Waals surface area (Å²) in [4.78, 5) is 43.8. The van der Waals surface area contributed by atoms with Gasteiger partial charge in [0.1, 0.15) is 12.6 Å². The normalized spacial score (nSPS) is 16.8. The molecule has 0 bridgehead atoms. The Morgan fingerprint density at radius 1 is 1.00 bits per heavy atom. The summed E-state index contributed by atoms with van der Waals surface area (Å²) in [5, 5.41) is 7.51. The molecular formula is C30H37N3O4S. The minimum Gasteiger partial charge on any atom is -0.370 e. The van der Waals surface area contributed by atoms with Crippen LogP contribution in [0.15, 0.2) is 60.0 Å². The number of likely N-dealkylation sites (N-methyl/N-ethyl adjacent to an activating group) is 2. The summed E-state index contributed by atoms with van der Waals surface area (Å²) >= 11 is 1.56. The number of benzene rings is 2. The second-order valence-corrected chi connectivity index (χ2v) is 11.1. The lowest BCUT2D eigenvalue weighted by Crippen LogP contribution is -2.54. The summed E-state index contributed by atoms with van der Waals surface area (Å²) in [5.41, 5.74) is 0.948. The number of fused-ring (bicyclic) bond motifs is 1. The van der Waals surface area contributed by atoms with Crippen molar-refractivity contribution in [2.75, 3.05) is 33.9 Å². The number of ether oxygens (including phenoxy) is 1. The maximum atomic E-state index is 13.9. The molecule has 0 saturated carbocycles. The Balaban J connectivity index is 1.53. The van der Waals surface area contributed by atoms with Gasteiger partial charge in [-0.15, -0.1) is 11.3 Å². The molecule has 2 heterocycles. The summed E-state index contributed by atoms with van der Waals surface area (Å²) in [6.07, 6.45) is 2.94. The standard InChI is InChI=1S/C30H37N3O4S/c1-21(34)27(18-26-11-7-15-38-26)33(3)30(36)28(17-22-12-13-23-8-4-5-9-24(23)16-22)32(2)29(35)20-37-19-25-10-6-14-31-25/h4-5,7-9,11-13,15-16,25,27-28,31H,6,10,14,17-20H2,1-3H3/t25-,27+,28+/m0/s1. The molecule has 1 aromatic heterocycles. The van der Waals surface area contributed by atoms with Crippen LogP contribution in [-0.2, 0) is 32.0 Å². The third-order valence-corrected chi connectivity index (χ3v) is 8.25. The highest BCUT2D eigenvalue weighted by Gasteiger charge is 2.34. The highest BCUT2D eigenvalue weighted by Crippen LogP contribution is 2.21. The Hall–Kier alpha value is -3.07. The first-order valence-corrected chi connectivity index (χ1v) is 14.1. The van der Waals surface area contributed by atoms with Crippen LogP contribution < -0.4 is 5.32 Å². The first kappa shape index (κ1) is 28.0. The van der Waals surface area contributed by atoms with E-state index in [1.807, 2.05) is 53.9 Å². The van der Waals surface area contributed by atoms with Crippen LogP contribution in [0.1, 0.15) is 30.2 Å². The van der Waals surface area contributed by atoms with E-state index >= 15 is 0 Å². The number of hydrogen-bond donors (Lipinski definition) is 1. The lowest BCUT2D eigenvalue weighted by molar-refractivity contribution is -0.148. The van der Waals surface area contributed by atoms with E-state index in [9.17, 15) is 14.4 Å². The molecule has 1 aliphatic heterocycles. The predicted molar refractivity (Wildman–Crippen MR) is 151 cm³/mol. The van der Waals surface area contributed by atoms with Crippen molar-refractivity contribution in [2.24, 2.45) is 0 Å². The predicted octanol–water partition coefficient (Wildman–Crippen LogP) is 3.70. The number of carbonyl (C=O) groups is 3. The highest BCUT2D eigenvalue weighted by molar-refractivity contribution is 7.09. The average molecular weight is 536 g/mol. The van der Waals surface area contributed by atoms with Gasteiger partial charge in [0.05, 0.1) is 12.6 Å². The summed E-state index contributed by atoms with van der Waals surface area (Å²) in [6.45, 7) is 2.86. The molecule has 38 heavy (non-hydrogen) atoms. The van der Waals surface area contributed by atoms with Gasteiger partial charge in [0.15, 0.2) is 5.78 Å². The Labute approximate surface area is 228 Å². The quantitative estimate of drug-likeness (QED) is 0.383. The SMILES string of the molecule is CC(=O)[C@@H](Cc1cccs1)N(C)C(=O)[C@@H](Cc1ccc2ccccc2c1)N(C)C(=O)COC[C@@H]1CCCN1. The van der Waals surface area contributed by atoms with Crippen molar-refractivity contribution in [1.82, 2.24) is 15.1 Å². The molecule has 2 amide bonds. The van der Waals surface area contributed by atoms with Gasteiger partial charge in [-0.2, -0.15) is 0 Å². The number of thiophene rings is 1. The van der Waals surface area contributed by atoms with Gasteiger partial charge < -0.3 is 19.9 Å². The van der Waals surface area contributed by atoms with Crippen LogP contribution in [0.2, 0.25) is 0 Å². The number of rotatable bonds is 12. The third-order valence-electron chi connectivity index (χ3n) is 7.35. The fourth-order valence-electron chi connectivity index (χ4n) is 5.00. The van der Waals surface area contributed by atoms with Crippen LogP contribution in [0.3, 0.4) is 0 Å². The minimum absolute atomic E-state index is 0.0833.